The zero-order valence-electron chi connectivity index (χ0n) is 19.4. The van der Waals surface area contributed by atoms with E-state index in [4.69, 9.17) is 9.47 Å². The van der Waals surface area contributed by atoms with Gasteiger partial charge >= 0.3 is 0 Å². The zero-order valence-corrected chi connectivity index (χ0v) is 20.2. The molecule has 0 aromatic heterocycles. The summed E-state index contributed by atoms with van der Waals surface area (Å²) >= 11 is 0. The van der Waals surface area contributed by atoms with Gasteiger partial charge in [-0.2, -0.15) is 0 Å². The molecule has 1 unspecified atom stereocenters. The van der Waals surface area contributed by atoms with E-state index in [1.54, 1.807) is 14.2 Å². The van der Waals surface area contributed by atoms with Gasteiger partial charge in [0.25, 0.3) is 0 Å². The van der Waals surface area contributed by atoms with Gasteiger partial charge in [0.2, 0.25) is 0 Å². The molecule has 1 fully saturated rings. The van der Waals surface area contributed by atoms with Crippen LogP contribution in [-0.4, -0.2) is 49.5 Å². The molecule has 1 saturated heterocycles. The SMILES string of the molecule is COc1ccc(CN2CCN(c3ccc(NS(=O)c4ccc(C)cc4)cc3)CC2)cc1OC. The molecular weight excluding hydrogens is 434 g/mol. The minimum absolute atomic E-state index is 0.756. The number of nitrogens with zero attached hydrogens (tertiary/aromatic N) is 2. The highest BCUT2D eigenvalue weighted by molar-refractivity contribution is 7.86. The first-order chi connectivity index (χ1) is 16.1. The smallest absolute Gasteiger partial charge is 0.161 e. The van der Waals surface area contributed by atoms with Crippen molar-refractivity contribution in [1.82, 2.24) is 4.90 Å². The summed E-state index contributed by atoms with van der Waals surface area (Å²) < 4.78 is 26.4. The van der Waals surface area contributed by atoms with Gasteiger partial charge in [-0.05, 0) is 61.0 Å². The Kier molecular flexibility index (Phi) is 7.52. The summed E-state index contributed by atoms with van der Waals surface area (Å²) in [5, 5.41) is 0. The Bertz CT molecular complexity index is 1080. The van der Waals surface area contributed by atoms with Gasteiger partial charge in [-0.3, -0.25) is 4.90 Å². The first-order valence-corrected chi connectivity index (χ1v) is 12.2. The van der Waals surface area contributed by atoms with Crippen LogP contribution in [0.2, 0.25) is 0 Å². The fourth-order valence-corrected chi connectivity index (χ4v) is 4.82. The molecule has 0 spiro atoms. The third-order valence-electron chi connectivity index (χ3n) is 5.90. The Hall–Kier alpha value is -3.03. The van der Waals surface area contributed by atoms with E-state index < -0.39 is 11.0 Å². The second-order valence-corrected chi connectivity index (χ2v) is 9.40. The van der Waals surface area contributed by atoms with Gasteiger partial charge in [0.15, 0.2) is 11.5 Å². The molecule has 1 aliphatic heterocycles. The first-order valence-electron chi connectivity index (χ1n) is 11.1. The van der Waals surface area contributed by atoms with Crippen molar-refractivity contribution in [1.29, 1.82) is 0 Å². The van der Waals surface area contributed by atoms with Gasteiger partial charge in [0.1, 0.15) is 11.0 Å². The zero-order chi connectivity index (χ0) is 23.2. The highest BCUT2D eigenvalue weighted by Gasteiger charge is 2.18. The van der Waals surface area contributed by atoms with Crippen molar-refractivity contribution in [3.63, 3.8) is 0 Å². The van der Waals surface area contributed by atoms with E-state index >= 15 is 0 Å². The van der Waals surface area contributed by atoms with E-state index in [1.165, 1.54) is 11.3 Å². The lowest BCUT2D eigenvalue weighted by molar-refractivity contribution is 0.249. The number of benzene rings is 3. The summed E-state index contributed by atoms with van der Waals surface area (Å²) in [7, 11) is 2.05. The molecule has 4 rings (SSSR count). The van der Waals surface area contributed by atoms with Crippen LogP contribution in [-0.2, 0) is 17.5 Å². The van der Waals surface area contributed by atoms with E-state index in [2.05, 4.69) is 38.8 Å². The van der Waals surface area contributed by atoms with Crippen molar-refractivity contribution in [2.24, 2.45) is 0 Å². The maximum absolute atomic E-state index is 12.5. The van der Waals surface area contributed by atoms with Crippen molar-refractivity contribution in [3.8, 4) is 11.5 Å². The van der Waals surface area contributed by atoms with Crippen LogP contribution in [0.1, 0.15) is 11.1 Å². The molecular formula is C26H31N3O3S. The molecule has 33 heavy (non-hydrogen) atoms. The monoisotopic (exact) mass is 465 g/mol. The Labute approximate surface area is 198 Å². The van der Waals surface area contributed by atoms with Gasteiger partial charge < -0.3 is 19.1 Å². The predicted octanol–water partition coefficient (Wildman–Crippen LogP) is 4.47. The maximum Gasteiger partial charge on any atom is 0.161 e. The summed E-state index contributed by atoms with van der Waals surface area (Å²) in [6.45, 7) is 6.83. The van der Waals surface area contributed by atoms with Crippen LogP contribution < -0.4 is 19.1 Å². The quantitative estimate of drug-likeness (QED) is 0.532. The fraction of sp³-hybridized carbons (Fsp3) is 0.308. The Morgan fingerprint density at radius 2 is 1.52 bits per heavy atom. The Morgan fingerprint density at radius 3 is 2.15 bits per heavy atom. The highest BCUT2D eigenvalue weighted by atomic mass is 32.2. The number of rotatable bonds is 8. The van der Waals surface area contributed by atoms with Gasteiger partial charge in [0, 0.05) is 44.1 Å². The van der Waals surface area contributed by atoms with Crippen LogP contribution in [0, 0.1) is 6.92 Å². The highest BCUT2D eigenvalue weighted by Crippen LogP contribution is 2.28. The van der Waals surface area contributed by atoms with Crippen LogP contribution >= 0.6 is 0 Å². The van der Waals surface area contributed by atoms with Gasteiger partial charge in [-0.1, -0.05) is 23.8 Å². The van der Waals surface area contributed by atoms with Crippen molar-refractivity contribution in [3.05, 3.63) is 77.9 Å². The first kappa shape index (κ1) is 23.1. The molecule has 3 aromatic carbocycles. The number of hydrogen-bond donors (Lipinski definition) is 1. The standard InChI is InChI=1S/C26H31N3O3S/c1-20-4-11-24(12-5-20)33(30)27-22-7-9-23(10-8-22)29-16-14-28(15-17-29)19-21-6-13-25(31-2)26(18-21)32-3/h4-13,18,27H,14-17,19H2,1-3H3. The molecule has 1 atom stereocenters. The molecule has 0 saturated carbocycles. The molecule has 0 amide bonds. The van der Waals surface area contributed by atoms with Crippen LogP contribution in [0.5, 0.6) is 11.5 Å². The van der Waals surface area contributed by atoms with E-state index in [1.807, 2.05) is 49.4 Å². The van der Waals surface area contributed by atoms with Crippen molar-refractivity contribution >= 4 is 22.4 Å². The topological polar surface area (TPSA) is 54.0 Å². The summed E-state index contributed by atoms with van der Waals surface area (Å²) in [5.74, 6) is 1.53. The van der Waals surface area contributed by atoms with Gasteiger partial charge in [-0.25, -0.2) is 4.21 Å². The molecule has 174 valence electrons. The predicted molar refractivity (Wildman–Crippen MR) is 135 cm³/mol. The molecule has 7 heteroatoms. The summed E-state index contributed by atoms with van der Waals surface area (Å²) in [6, 6.07) is 22.0. The average Bonchev–Trinajstić information content (AvgIpc) is 2.85. The minimum Gasteiger partial charge on any atom is -0.493 e. The third-order valence-corrected chi connectivity index (χ3v) is 7.03. The number of anilines is 2. The van der Waals surface area contributed by atoms with E-state index in [0.717, 1.165) is 60.4 Å². The summed E-state index contributed by atoms with van der Waals surface area (Å²) in [5.41, 5.74) is 4.42. The second kappa shape index (κ2) is 10.7. The van der Waals surface area contributed by atoms with Crippen molar-refractivity contribution < 1.29 is 13.7 Å². The summed E-state index contributed by atoms with van der Waals surface area (Å²) in [4.78, 5) is 5.62. The molecule has 1 N–H and O–H groups in total. The maximum atomic E-state index is 12.5. The Morgan fingerprint density at radius 1 is 0.848 bits per heavy atom. The van der Waals surface area contributed by atoms with Crippen molar-refractivity contribution in [2.75, 3.05) is 50.0 Å². The van der Waals surface area contributed by atoms with E-state index in [0.29, 0.717) is 0 Å². The third kappa shape index (κ3) is 5.86. The number of nitrogens with one attached hydrogen (secondary N) is 1. The Balaban J connectivity index is 1.30. The number of piperazine rings is 1. The van der Waals surface area contributed by atoms with Crippen LogP contribution in [0.15, 0.2) is 71.6 Å². The van der Waals surface area contributed by atoms with E-state index in [-0.39, 0.29) is 0 Å². The fourth-order valence-electron chi connectivity index (χ4n) is 3.97. The lowest BCUT2D eigenvalue weighted by atomic mass is 10.1. The summed E-state index contributed by atoms with van der Waals surface area (Å²) in [6.07, 6.45) is 0. The molecule has 0 radical (unpaired) electrons. The van der Waals surface area contributed by atoms with Crippen molar-refractivity contribution in [2.45, 2.75) is 18.4 Å². The lowest BCUT2D eigenvalue weighted by Crippen LogP contribution is -2.45. The van der Waals surface area contributed by atoms with Gasteiger partial charge in [0.05, 0.1) is 19.1 Å². The number of ether oxygens (including phenoxy) is 2. The van der Waals surface area contributed by atoms with Crippen LogP contribution in [0.3, 0.4) is 0 Å². The number of aryl methyl sites for hydroxylation is 1. The average molecular weight is 466 g/mol. The lowest BCUT2D eigenvalue weighted by Gasteiger charge is -2.36. The molecule has 1 aliphatic rings. The molecule has 0 bridgehead atoms. The molecule has 6 nitrogen and oxygen atoms in total. The normalized spacial score (nSPS) is 15.2. The number of methoxy groups -OCH3 is 2. The van der Waals surface area contributed by atoms with Gasteiger partial charge in [-0.15, -0.1) is 0 Å². The van der Waals surface area contributed by atoms with E-state index in [9.17, 15) is 4.21 Å². The van der Waals surface area contributed by atoms with Crippen LogP contribution in [0.4, 0.5) is 11.4 Å². The second-order valence-electron chi connectivity index (χ2n) is 8.18. The molecule has 1 heterocycles. The largest absolute Gasteiger partial charge is 0.493 e. The molecule has 3 aromatic rings. The number of hydrogen-bond acceptors (Lipinski definition) is 5. The molecule has 0 aliphatic carbocycles. The van der Waals surface area contributed by atoms with Crippen LogP contribution in [0.25, 0.3) is 0 Å². The minimum atomic E-state index is -1.27.